The van der Waals surface area contributed by atoms with Crippen molar-refractivity contribution in [2.75, 3.05) is 11.9 Å². The third-order valence-corrected chi connectivity index (χ3v) is 4.66. The summed E-state index contributed by atoms with van der Waals surface area (Å²) in [6.07, 6.45) is 1.33. The number of carbonyl (C=O) groups excluding carboxylic acids is 1. The Hall–Kier alpha value is -3.36. The molecular weight excluding hydrogens is 390 g/mol. The molecule has 29 heavy (non-hydrogen) atoms. The van der Waals surface area contributed by atoms with Gasteiger partial charge in [-0.05, 0) is 49.1 Å². The number of urea groups is 1. The van der Waals surface area contributed by atoms with Gasteiger partial charge in [-0.15, -0.1) is 0 Å². The minimum Gasteiger partial charge on any atom is -0.328 e. The summed E-state index contributed by atoms with van der Waals surface area (Å²) in [5.74, 6) is -4.43. The number of halogens is 4. The average Bonchev–Trinajstić information content (AvgIpc) is 2.67. The van der Waals surface area contributed by atoms with E-state index in [1.807, 2.05) is 0 Å². The molecule has 1 atom stereocenters. The Kier molecular flexibility index (Phi) is 5.58. The Labute approximate surface area is 163 Å². The molecule has 0 bridgehead atoms. The number of aromatic nitrogens is 1. The summed E-state index contributed by atoms with van der Waals surface area (Å²) in [4.78, 5) is 28.5. The fraction of sp³-hybridized carbons (Fsp3) is 0.200. The number of hydrogen-bond acceptors (Lipinski definition) is 2. The first-order chi connectivity index (χ1) is 13.7. The number of carbonyl (C=O) groups is 1. The molecule has 5 nitrogen and oxygen atoms in total. The molecule has 0 aliphatic rings. The summed E-state index contributed by atoms with van der Waals surface area (Å²) in [5, 5.41) is 2.58. The van der Waals surface area contributed by atoms with E-state index in [9.17, 15) is 27.2 Å². The van der Waals surface area contributed by atoms with Crippen LogP contribution in [0.1, 0.15) is 25.5 Å². The van der Waals surface area contributed by atoms with Crippen LogP contribution in [0, 0.1) is 23.3 Å². The summed E-state index contributed by atoms with van der Waals surface area (Å²) in [7, 11) is 0. The Morgan fingerprint density at radius 1 is 1.03 bits per heavy atom. The third-order valence-electron chi connectivity index (χ3n) is 4.66. The SMILES string of the molecule is CCN(C(=O)Nc1ccc(F)c(F)c1)C(C)c1c[nH]c(=O)c2cc(F)c(F)cc12. The molecule has 0 spiro atoms. The maximum absolute atomic E-state index is 13.8. The molecule has 0 fully saturated rings. The first kappa shape index (κ1) is 20.4. The van der Waals surface area contributed by atoms with Gasteiger partial charge in [-0.2, -0.15) is 0 Å². The molecule has 0 aliphatic heterocycles. The van der Waals surface area contributed by atoms with Crippen molar-refractivity contribution in [2.24, 2.45) is 0 Å². The zero-order valence-electron chi connectivity index (χ0n) is 15.5. The lowest BCUT2D eigenvalue weighted by atomic mass is 10.0. The second kappa shape index (κ2) is 7.94. The van der Waals surface area contributed by atoms with Crippen molar-refractivity contribution in [3.63, 3.8) is 0 Å². The minimum atomic E-state index is -1.16. The fourth-order valence-corrected chi connectivity index (χ4v) is 3.15. The van der Waals surface area contributed by atoms with Crippen molar-refractivity contribution in [3.8, 4) is 0 Å². The number of benzene rings is 2. The number of rotatable bonds is 4. The van der Waals surface area contributed by atoms with Crippen molar-refractivity contribution < 1.29 is 22.4 Å². The van der Waals surface area contributed by atoms with Crippen LogP contribution in [0.3, 0.4) is 0 Å². The van der Waals surface area contributed by atoms with Crippen LogP contribution in [0.15, 0.2) is 41.3 Å². The highest BCUT2D eigenvalue weighted by molar-refractivity contribution is 5.91. The molecule has 0 aliphatic carbocycles. The van der Waals surface area contributed by atoms with Crippen molar-refractivity contribution in [3.05, 3.63) is 75.7 Å². The normalized spacial score (nSPS) is 12.1. The quantitative estimate of drug-likeness (QED) is 0.616. The molecule has 2 aromatic carbocycles. The summed E-state index contributed by atoms with van der Waals surface area (Å²) in [5.41, 5.74) is -0.149. The monoisotopic (exact) mass is 407 g/mol. The van der Waals surface area contributed by atoms with Crippen LogP contribution < -0.4 is 10.9 Å². The summed E-state index contributed by atoms with van der Waals surface area (Å²) in [6.45, 7) is 3.54. The zero-order valence-corrected chi connectivity index (χ0v) is 15.5. The number of amides is 2. The molecule has 0 saturated carbocycles. The van der Waals surface area contributed by atoms with E-state index < -0.39 is 40.9 Å². The topological polar surface area (TPSA) is 65.2 Å². The van der Waals surface area contributed by atoms with E-state index in [0.29, 0.717) is 5.56 Å². The first-order valence-corrected chi connectivity index (χ1v) is 8.76. The van der Waals surface area contributed by atoms with Gasteiger partial charge in [0.1, 0.15) is 0 Å². The van der Waals surface area contributed by atoms with E-state index in [1.165, 1.54) is 17.2 Å². The van der Waals surface area contributed by atoms with Gasteiger partial charge in [0.25, 0.3) is 5.56 Å². The smallest absolute Gasteiger partial charge is 0.322 e. The van der Waals surface area contributed by atoms with Gasteiger partial charge < -0.3 is 15.2 Å². The van der Waals surface area contributed by atoms with Crippen molar-refractivity contribution in [1.29, 1.82) is 0 Å². The summed E-state index contributed by atoms with van der Waals surface area (Å²) >= 11 is 0. The fourth-order valence-electron chi connectivity index (χ4n) is 3.15. The Bertz CT molecular complexity index is 1150. The van der Waals surface area contributed by atoms with Crippen LogP contribution in [0.5, 0.6) is 0 Å². The second-order valence-corrected chi connectivity index (χ2v) is 6.41. The van der Waals surface area contributed by atoms with Gasteiger partial charge in [-0.1, -0.05) is 0 Å². The van der Waals surface area contributed by atoms with Crippen LogP contribution in [0.2, 0.25) is 0 Å². The lowest BCUT2D eigenvalue weighted by molar-refractivity contribution is 0.197. The van der Waals surface area contributed by atoms with Crippen LogP contribution in [0.4, 0.5) is 28.0 Å². The predicted octanol–water partition coefficient (Wildman–Crippen LogP) is 4.70. The van der Waals surface area contributed by atoms with Crippen molar-refractivity contribution in [2.45, 2.75) is 19.9 Å². The van der Waals surface area contributed by atoms with Crippen LogP contribution >= 0.6 is 0 Å². The van der Waals surface area contributed by atoms with Gasteiger partial charge in [0.15, 0.2) is 23.3 Å². The number of pyridine rings is 1. The molecule has 3 rings (SSSR count). The molecule has 1 aromatic heterocycles. The molecule has 9 heteroatoms. The highest BCUT2D eigenvalue weighted by Gasteiger charge is 2.23. The van der Waals surface area contributed by atoms with E-state index in [2.05, 4.69) is 10.3 Å². The molecule has 2 N–H and O–H groups in total. The van der Waals surface area contributed by atoms with Gasteiger partial charge in [0.05, 0.1) is 11.4 Å². The van der Waals surface area contributed by atoms with Crippen LogP contribution in [0.25, 0.3) is 10.8 Å². The summed E-state index contributed by atoms with van der Waals surface area (Å²) < 4.78 is 53.8. The molecule has 1 unspecified atom stereocenters. The van der Waals surface area contributed by atoms with Crippen molar-refractivity contribution >= 4 is 22.5 Å². The van der Waals surface area contributed by atoms with E-state index >= 15 is 0 Å². The lowest BCUT2D eigenvalue weighted by Gasteiger charge is -2.29. The first-order valence-electron chi connectivity index (χ1n) is 8.76. The van der Waals surface area contributed by atoms with Crippen LogP contribution in [-0.2, 0) is 0 Å². The van der Waals surface area contributed by atoms with E-state index in [1.54, 1.807) is 13.8 Å². The molecule has 0 radical (unpaired) electrons. The Balaban J connectivity index is 1.96. The van der Waals surface area contributed by atoms with Gasteiger partial charge in [-0.25, -0.2) is 22.4 Å². The lowest BCUT2D eigenvalue weighted by Crippen LogP contribution is -2.37. The van der Waals surface area contributed by atoms with Crippen LogP contribution in [-0.4, -0.2) is 22.5 Å². The zero-order chi connectivity index (χ0) is 21.3. The summed E-state index contributed by atoms with van der Waals surface area (Å²) in [6, 6.07) is 3.38. The number of anilines is 1. The third kappa shape index (κ3) is 3.94. The number of fused-ring (bicyclic) bond motifs is 1. The maximum atomic E-state index is 13.8. The van der Waals surface area contributed by atoms with Gasteiger partial charge >= 0.3 is 6.03 Å². The number of nitrogens with zero attached hydrogens (tertiary/aromatic N) is 1. The van der Waals surface area contributed by atoms with E-state index in [-0.39, 0.29) is 23.0 Å². The maximum Gasteiger partial charge on any atom is 0.322 e. The highest BCUT2D eigenvalue weighted by Crippen LogP contribution is 2.28. The Morgan fingerprint density at radius 3 is 2.28 bits per heavy atom. The van der Waals surface area contributed by atoms with E-state index in [0.717, 1.165) is 24.3 Å². The second-order valence-electron chi connectivity index (χ2n) is 6.41. The largest absolute Gasteiger partial charge is 0.328 e. The predicted molar refractivity (Wildman–Crippen MR) is 101 cm³/mol. The number of aromatic amines is 1. The van der Waals surface area contributed by atoms with E-state index in [4.69, 9.17) is 0 Å². The minimum absolute atomic E-state index is 0.0506. The van der Waals surface area contributed by atoms with Gasteiger partial charge in [-0.3, -0.25) is 4.79 Å². The standard InChI is InChI=1S/C20H17F4N3O2/c1-3-27(20(29)26-11-4-5-15(21)16(22)6-11)10(2)14-9-25-19(28)13-8-18(24)17(23)7-12(13)14/h4-10H,3H2,1-2H3,(H,25,28)(H,26,29). The average molecular weight is 407 g/mol. The van der Waals surface area contributed by atoms with Gasteiger partial charge in [0, 0.05) is 24.5 Å². The highest BCUT2D eigenvalue weighted by atomic mass is 19.2. The van der Waals surface area contributed by atoms with Crippen molar-refractivity contribution in [1.82, 2.24) is 9.88 Å². The molecule has 2 amide bonds. The number of H-pyrrole nitrogens is 1. The molecule has 152 valence electrons. The molecule has 1 heterocycles. The Morgan fingerprint density at radius 2 is 1.66 bits per heavy atom. The number of nitrogens with one attached hydrogen (secondary N) is 2. The van der Waals surface area contributed by atoms with Gasteiger partial charge in [0.2, 0.25) is 0 Å². The number of hydrogen-bond donors (Lipinski definition) is 2. The molecular formula is C20H17F4N3O2. The molecule has 3 aromatic rings. The molecule has 0 saturated heterocycles.